The Balaban J connectivity index is 1.55. The van der Waals surface area contributed by atoms with Crippen molar-refractivity contribution in [3.63, 3.8) is 0 Å². The number of rotatable bonds is 5. The van der Waals surface area contributed by atoms with Crippen molar-refractivity contribution in [3.8, 4) is 11.5 Å². The van der Waals surface area contributed by atoms with Gasteiger partial charge in [0.1, 0.15) is 5.69 Å². The third-order valence-corrected chi connectivity index (χ3v) is 4.48. The van der Waals surface area contributed by atoms with Gasteiger partial charge in [-0.1, -0.05) is 25.3 Å². The fraction of sp³-hybridized carbons (Fsp3) is 0.529. The van der Waals surface area contributed by atoms with E-state index in [1.54, 1.807) is 13.2 Å². The molecule has 1 aliphatic rings. The molecular weight excluding hydrogens is 320 g/mol. The number of carbonyl (C=O) groups is 1. The zero-order valence-corrected chi connectivity index (χ0v) is 14.4. The zero-order valence-electron chi connectivity index (χ0n) is 14.4. The molecule has 25 heavy (non-hydrogen) atoms. The summed E-state index contributed by atoms with van der Waals surface area (Å²) in [5, 5.41) is 10.1. The zero-order chi connectivity index (χ0) is 17.6. The molecule has 8 nitrogen and oxygen atoms in total. The summed E-state index contributed by atoms with van der Waals surface area (Å²) in [5.74, 6) is 0.511. The van der Waals surface area contributed by atoms with Crippen molar-refractivity contribution in [1.29, 1.82) is 0 Å². The molecule has 0 radical (unpaired) electrons. The Kier molecular flexibility index (Phi) is 5.47. The predicted octanol–water partition coefficient (Wildman–Crippen LogP) is 1.28. The Morgan fingerprint density at radius 1 is 1.28 bits per heavy atom. The van der Waals surface area contributed by atoms with E-state index in [9.17, 15) is 9.59 Å². The van der Waals surface area contributed by atoms with Gasteiger partial charge in [0.2, 0.25) is 0 Å². The smallest absolute Gasteiger partial charge is 0.336 e. The third kappa shape index (κ3) is 4.26. The lowest BCUT2D eigenvalue weighted by atomic mass is 9.96. The molecule has 1 aliphatic carbocycles. The number of amides is 2. The van der Waals surface area contributed by atoms with Gasteiger partial charge in [-0.05, 0) is 25.0 Å². The minimum atomic E-state index is -0.227. The standard InChI is InChI=1S/C17H24N6O2/c1-22-15(14-9-5-6-10-18-14)21-23(17(22)25)12-11-19-16(24)20-13-7-3-2-4-8-13/h5-6,9-10,13H,2-4,7-8,11-12H2,1H3,(H2,19,20,24). The molecule has 2 aromatic rings. The quantitative estimate of drug-likeness (QED) is 0.854. The van der Waals surface area contributed by atoms with Crippen LogP contribution in [0.15, 0.2) is 29.2 Å². The summed E-state index contributed by atoms with van der Waals surface area (Å²) in [7, 11) is 1.67. The maximum absolute atomic E-state index is 12.3. The van der Waals surface area contributed by atoms with Crippen molar-refractivity contribution < 1.29 is 4.79 Å². The number of urea groups is 1. The van der Waals surface area contributed by atoms with Crippen LogP contribution >= 0.6 is 0 Å². The van der Waals surface area contributed by atoms with E-state index in [-0.39, 0.29) is 17.8 Å². The minimum absolute atomic E-state index is 0.180. The van der Waals surface area contributed by atoms with Gasteiger partial charge in [-0.3, -0.25) is 9.55 Å². The summed E-state index contributed by atoms with van der Waals surface area (Å²) in [6, 6.07) is 5.56. The van der Waals surface area contributed by atoms with E-state index in [1.165, 1.54) is 28.5 Å². The first-order valence-electron chi connectivity index (χ1n) is 8.75. The fourth-order valence-electron chi connectivity index (χ4n) is 3.11. The van der Waals surface area contributed by atoms with E-state index in [0.717, 1.165) is 12.8 Å². The fourth-order valence-corrected chi connectivity index (χ4v) is 3.11. The molecule has 1 saturated carbocycles. The van der Waals surface area contributed by atoms with Gasteiger partial charge in [-0.25, -0.2) is 14.3 Å². The van der Waals surface area contributed by atoms with E-state index in [1.807, 2.05) is 18.2 Å². The first-order chi connectivity index (χ1) is 12.1. The summed E-state index contributed by atoms with van der Waals surface area (Å²) in [5.41, 5.74) is 0.416. The van der Waals surface area contributed by atoms with Crippen LogP contribution in [0, 0.1) is 0 Å². The predicted molar refractivity (Wildman–Crippen MR) is 94.1 cm³/mol. The highest BCUT2D eigenvalue weighted by Gasteiger charge is 2.16. The van der Waals surface area contributed by atoms with Crippen LogP contribution in [-0.4, -0.2) is 37.9 Å². The normalized spacial score (nSPS) is 15.1. The number of hydrogen-bond acceptors (Lipinski definition) is 4. The lowest BCUT2D eigenvalue weighted by Gasteiger charge is -2.22. The molecule has 2 aromatic heterocycles. The Morgan fingerprint density at radius 2 is 2.08 bits per heavy atom. The highest BCUT2D eigenvalue weighted by Crippen LogP contribution is 2.17. The molecule has 2 amide bonds. The van der Waals surface area contributed by atoms with Gasteiger partial charge in [-0.15, -0.1) is 5.10 Å². The van der Waals surface area contributed by atoms with Gasteiger partial charge >= 0.3 is 11.7 Å². The molecular formula is C17H24N6O2. The first-order valence-corrected chi connectivity index (χ1v) is 8.75. The van der Waals surface area contributed by atoms with Gasteiger partial charge in [0.05, 0.1) is 6.54 Å². The van der Waals surface area contributed by atoms with Gasteiger partial charge in [-0.2, -0.15) is 0 Å². The molecule has 0 saturated heterocycles. The van der Waals surface area contributed by atoms with Crippen LogP contribution in [0.3, 0.4) is 0 Å². The van der Waals surface area contributed by atoms with Crippen LogP contribution in [0.5, 0.6) is 0 Å². The lowest BCUT2D eigenvalue weighted by molar-refractivity contribution is 0.232. The Hall–Kier alpha value is -2.64. The Morgan fingerprint density at radius 3 is 2.80 bits per heavy atom. The topological polar surface area (TPSA) is 93.8 Å². The molecule has 2 heterocycles. The number of nitrogens with one attached hydrogen (secondary N) is 2. The molecule has 0 aliphatic heterocycles. The summed E-state index contributed by atoms with van der Waals surface area (Å²) in [6.45, 7) is 0.661. The number of aromatic nitrogens is 4. The first kappa shape index (κ1) is 17.2. The van der Waals surface area contributed by atoms with Gasteiger partial charge < -0.3 is 10.6 Å². The molecule has 3 rings (SSSR count). The largest absolute Gasteiger partial charge is 0.346 e. The Labute approximate surface area is 146 Å². The SMILES string of the molecule is Cn1c(-c2ccccn2)nn(CCNC(=O)NC2CCCCC2)c1=O. The molecule has 0 aromatic carbocycles. The van der Waals surface area contributed by atoms with Gasteiger partial charge in [0.25, 0.3) is 0 Å². The molecule has 1 fully saturated rings. The highest BCUT2D eigenvalue weighted by molar-refractivity contribution is 5.74. The molecule has 0 bridgehead atoms. The number of nitrogens with zero attached hydrogens (tertiary/aromatic N) is 4. The van der Waals surface area contributed by atoms with Crippen molar-refractivity contribution in [2.24, 2.45) is 7.05 Å². The molecule has 2 N–H and O–H groups in total. The molecule has 0 spiro atoms. The van der Waals surface area contributed by atoms with E-state index in [4.69, 9.17) is 0 Å². The van der Waals surface area contributed by atoms with Crippen molar-refractivity contribution in [3.05, 3.63) is 34.9 Å². The number of hydrogen-bond donors (Lipinski definition) is 2. The van der Waals surface area contributed by atoms with Crippen LogP contribution in [-0.2, 0) is 13.6 Å². The summed E-state index contributed by atoms with van der Waals surface area (Å²) < 4.78 is 2.81. The average molecular weight is 344 g/mol. The second-order valence-corrected chi connectivity index (χ2v) is 6.34. The summed E-state index contributed by atoms with van der Waals surface area (Å²) in [6.07, 6.45) is 7.34. The van der Waals surface area contributed by atoms with Crippen molar-refractivity contribution in [2.45, 2.75) is 44.7 Å². The highest BCUT2D eigenvalue weighted by atomic mass is 16.2. The Bertz CT molecular complexity index is 761. The monoisotopic (exact) mass is 344 g/mol. The molecule has 8 heteroatoms. The van der Waals surface area contributed by atoms with Crippen LogP contribution in [0.2, 0.25) is 0 Å². The van der Waals surface area contributed by atoms with Crippen LogP contribution < -0.4 is 16.3 Å². The maximum atomic E-state index is 12.3. The van der Waals surface area contributed by atoms with Crippen LogP contribution in [0.1, 0.15) is 32.1 Å². The second-order valence-electron chi connectivity index (χ2n) is 6.34. The lowest BCUT2D eigenvalue weighted by Crippen LogP contribution is -2.44. The van der Waals surface area contributed by atoms with E-state index >= 15 is 0 Å². The van der Waals surface area contributed by atoms with E-state index in [2.05, 4.69) is 20.7 Å². The third-order valence-electron chi connectivity index (χ3n) is 4.48. The number of carbonyl (C=O) groups excluding carboxylic acids is 1. The number of pyridine rings is 1. The summed E-state index contributed by atoms with van der Waals surface area (Å²) >= 11 is 0. The summed E-state index contributed by atoms with van der Waals surface area (Å²) in [4.78, 5) is 28.4. The molecule has 0 atom stereocenters. The maximum Gasteiger partial charge on any atom is 0.346 e. The minimum Gasteiger partial charge on any atom is -0.336 e. The van der Waals surface area contributed by atoms with Crippen LogP contribution in [0.4, 0.5) is 4.79 Å². The molecule has 0 unspecified atom stereocenters. The van der Waals surface area contributed by atoms with E-state index < -0.39 is 0 Å². The van der Waals surface area contributed by atoms with Crippen molar-refractivity contribution in [1.82, 2.24) is 30.0 Å². The molecule has 134 valence electrons. The average Bonchev–Trinajstić information content (AvgIpc) is 2.92. The van der Waals surface area contributed by atoms with Gasteiger partial charge in [0, 0.05) is 25.8 Å². The second kappa shape index (κ2) is 7.96. The van der Waals surface area contributed by atoms with E-state index in [0.29, 0.717) is 24.6 Å². The van der Waals surface area contributed by atoms with Gasteiger partial charge in [0.15, 0.2) is 5.82 Å². The van der Waals surface area contributed by atoms with Crippen molar-refractivity contribution >= 4 is 6.03 Å². The van der Waals surface area contributed by atoms with Crippen molar-refractivity contribution in [2.75, 3.05) is 6.54 Å². The van der Waals surface area contributed by atoms with Crippen LogP contribution in [0.25, 0.3) is 11.5 Å².